The Bertz CT molecular complexity index is 928. The molecule has 0 fully saturated rings. The zero-order valence-corrected chi connectivity index (χ0v) is 19.3. The third-order valence-electron chi connectivity index (χ3n) is 6.13. The van der Waals surface area contributed by atoms with Gasteiger partial charge in [-0.25, -0.2) is 0 Å². The van der Waals surface area contributed by atoms with Crippen LogP contribution < -0.4 is 5.32 Å². The van der Waals surface area contributed by atoms with E-state index in [9.17, 15) is 14.7 Å². The number of carbonyl (C=O) groups excluding carboxylic acids is 2. The van der Waals surface area contributed by atoms with Gasteiger partial charge in [-0.15, -0.1) is 0 Å². The third kappa shape index (κ3) is 6.53. The average Bonchev–Trinajstić information content (AvgIpc) is 2.84. The number of benzene rings is 2. The van der Waals surface area contributed by atoms with Crippen molar-refractivity contribution in [3.8, 4) is 0 Å². The Morgan fingerprint density at radius 3 is 2.21 bits per heavy atom. The van der Waals surface area contributed by atoms with Crippen molar-refractivity contribution < 1.29 is 24.2 Å². The molecule has 0 saturated heterocycles. The Balaban J connectivity index is 1.80. The van der Waals surface area contributed by atoms with E-state index in [2.05, 4.69) is 5.32 Å². The normalized spacial score (nSPS) is 22.3. The zero-order valence-electron chi connectivity index (χ0n) is 19.3. The molecule has 1 aliphatic rings. The van der Waals surface area contributed by atoms with Crippen LogP contribution in [-0.2, 0) is 32.2 Å². The van der Waals surface area contributed by atoms with Crippen LogP contribution in [0, 0.1) is 23.7 Å². The molecule has 0 saturated carbocycles. The summed E-state index contributed by atoms with van der Waals surface area (Å²) in [5.41, 5.74) is 2.92. The molecule has 2 aromatic carbocycles. The number of hydrogen-bond donors (Lipinski definition) is 2. The molecule has 4 atom stereocenters. The van der Waals surface area contributed by atoms with Crippen LogP contribution in [0.25, 0.3) is 0 Å². The van der Waals surface area contributed by atoms with Crippen molar-refractivity contribution in [2.24, 2.45) is 23.7 Å². The lowest BCUT2D eigenvalue weighted by atomic mass is 9.67. The van der Waals surface area contributed by atoms with Gasteiger partial charge in [0, 0.05) is 18.4 Å². The van der Waals surface area contributed by atoms with Crippen LogP contribution in [0.15, 0.2) is 72.3 Å². The molecule has 2 N–H and O–H groups in total. The minimum Gasteiger partial charge on any atom is -0.466 e. The van der Waals surface area contributed by atoms with Gasteiger partial charge in [0.05, 0.1) is 38.3 Å². The lowest BCUT2D eigenvalue weighted by Crippen LogP contribution is -2.49. The van der Waals surface area contributed by atoms with Crippen molar-refractivity contribution in [1.82, 2.24) is 5.32 Å². The molecule has 2 aromatic rings. The zero-order chi connectivity index (χ0) is 23.6. The third-order valence-corrected chi connectivity index (χ3v) is 6.13. The molecule has 0 radical (unpaired) electrons. The number of rotatable bonds is 10. The topological polar surface area (TPSA) is 84.9 Å². The Morgan fingerprint density at radius 2 is 1.61 bits per heavy atom. The molecule has 6 nitrogen and oxygen atoms in total. The number of nitrogens with one attached hydrogen (secondary N) is 1. The van der Waals surface area contributed by atoms with Crippen LogP contribution in [0.1, 0.15) is 25.0 Å². The van der Waals surface area contributed by atoms with Crippen molar-refractivity contribution in [1.29, 1.82) is 0 Å². The van der Waals surface area contributed by atoms with Crippen molar-refractivity contribution in [2.45, 2.75) is 27.0 Å². The highest BCUT2D eigenvalue weighted by Gasteiger charge is 2.47. The Morgan fingerprint density at radius 1 is 0.970 bits per heavy atom. The van der Waals surface area contributed by atoms with Crippen LogP contribution in [0.2, 0.25) is 0 Å². The standard InChI is InChI=1S/C27H33NO5/c1-3-33-27(31)25-23(18-32-17-21-12-8-5-9-13-21)19(2)14-22(16-29)24(25)26(30)28-15-20-10-6-4-7-11-20/h4-14,22-25,29H,3,15-18H2,1-2H3,(H,28,30)/t22-,23-,24-,25-/m0/s1. The fourth-order valence-electron chi connectivity index (χ4n) is 4.45. The Labute approximate surface area is 195 Å². The maximum Gasteiger partial charge on any atom is 0.310 e. The molecule has 3 rings (SSSR count). The van der Waals surface area contributed by atoms with Gasteiger partial charge < -0.3 is 19.9 Å². The number of hydrogen-bond acceptors (Lipinski definition) is 5. The highest BCUT2D eigenvalue weighted by atomic mass is 16.5. The van der Waals surface area contributed by atoms with E-state index >= 15 is 0 Å². The minimum atomic E-state index is -0.744. The second-order valence-electron chi connectivity index (χ2n) is 8.37. The summed E-state index contributed by atoms with van der Waals surface area (Å²) in [6, 6.07) is 19.4. The van der Waals surface area contributed by atoms with Crippen molar-refractivity contribution in [3.05, 3.63) is 83.4 Å². The second kappa shape index (κ2) is 12.3. The van der Waals surface area contributed by atoms with Gasteiger partial charge in [-0.2, -0.15) is 0 Å². The van der Waals surface area contributed by atoms with Gasteiger partial charge in [0.25, 0.3) is 0 Å². The molecule has 6 heteroatoms. The van der Waals surface area contributed by atoms with Crippen molar-refractivity contribution in [2.75, 3.05) is 19.8 Å². The highest BCUT2D eigenvalue weighted by molar-refractivity contribution is 5.86. The fraction of sp³-hybridized carbons (Fsp3) is 0.407. The Kier molecular flexibility index (Phi) is 9.22. The SMILES string of the molecule is CCOC(=O)[C@@H]1[C@@H](C(=O)NCc2ccccc2)[C@H](CO)C=C(C)[C@@H]1COCc1ccccc1. The predicted octanol–water partition coefficient (Wildman–Crippen LogP) is 3.50. The summed E-state index contributed by atoms with van der Waals surface area (Å²) in [7, 11) is 0. The molecule has 1 amide bonds. The number of aliphatic hydroxyl groups excluding tert-OH is 1. The van der Waals surface area contributed by atoms with Crippen molar-refractivity contribution >= 4 is 11.9 Å². The molecule has 33 heavy (non-hydrogen) atoms. The lowest BCUT2D eigenvalue weighted by molar-refractivity contribution is -0.158. The summed E-state index contributed by atoms with van der Waals surface area (Å²) in [6.07, 6.45) is 1.90. The minimum absolute atomic E-state index is 0.220. The summed E-state index contributed by atoms with van der Waals surface area (Å²) in [4.78, 5) is 26.4. The summed E-state index contributed by atoms with van der Waals surface area (Å²) in [5, 5.41) is 13.0. The molecule has 0 spiro atoms. The number of amides is 1. The van der Waals surface area contributed by atoms with Gasteiger partial charge in [-0.3, -0.25) is 9.59 Å². The van der Waals surface area contributed by atoms with Crippen molar-refractivity contribution in [3.63, 3.8) is 0 Å². The Hall–Kier alpha value is -2.96. The number of aliphatic hydroxyl groups is 1. The van der Waals surface area contributed by atoms with E-state index < -0.39 is 23.7 Å². The first-order valence-electron chi connectivity index (χ1n) is 11.4. The number of esters is 1. The number of ether oxygens (including phenoxy) is 2. The molecule has 0 bridgehead atoms. The first kappa shape index (κ1) is 24.7. The van der Waals surface area contributed by atoms with Gasteiger partial charge in [0.15, 0.2) is 0 Å². The molecule has 0 aromatic heterocycles. The van der Waals surface area contributed by atoms with Gasteiger partial charge in [0.2, 0.25) is 5.91 Å². The maximum absolute atomic E-state index is 13.3. The first-order valence-corrected chi connectivity index (χ1v) is 11.4. The quantitative estimate of drug-likeness (QED) is 0.427. The van der Waals surface area contributed by atoms with E-state index in [4.69, 9.17) is 9.47 Å². The maximum atomic E-state index is 13.3. The molecule has 176 valence electrons. The predicted molar refractivity (Wildman–Crippen MR) is 126 cm³/mol. The molecular weight excluding hydrogens is 418 g/mol. The van der Waals surface area contributed by atoms with Gasteiger partial charge in [-0.05, 0) is 25.0 Å². The average molecular weight is 452 g/mol. The van der Waals surface area contributed by atoms with Crippen LogP contribution in [0.3, 0.4) is 0 Å². The largest absolute Gasteiger partial charge is 0.466 e. The second-order valence-corrected chi connectivity index (χ2v) is 8.37. The van der Waals surface area contributed by atoms with Crippen LogP contribution in [-0.4, -0.2) is 36.8 Å². The van der Waals surface area contributed by atoms with E-state index in [-0.39, 0.29) is 31.6 Å². The van der Waals surface area contributed by atoms with E-state index in [0.717, 1.165) is 16.7 Å². The molecular formula is C27H33NO5. The van der Waals surface area contributed by atoms with Crippen LogP contribution in [0.4, 0.5) is 0 Å². The number of carbonyl (C=O) groups is 2. The van der Waals surface area contributed by atoms with Gasteiger partial charge >= 0.3 is 5.97 Å². The molecule has 0 aliphatic heterocycles. The molecule has 0 unspecified atom stereocenters. The monoisotopic (exact) mass is 451 g/mol. The fourth-order valence-corrected chi connectivity index (χ4v) is 4.45. The summed E-state index contributed by atoms with van der Waals surface area (Å²) in [6.45, 7) is 4.70. The van der Waals surface area contributed by atoms with Crippen LogP contribution in [0.5, 0.6) is 0 Å². The van der Waals surface area contributed by atoms with Gasteiger partial charge in [0.1, 0.15) is 0 Å². The first-order chi connectivity index (χ1) is 16.0. The summed E-state index contributed by atoms with van der Waals surface area (Å²) < 4.78 is 11.3. The molecule has 0 heterocycles. The van der Waals surface area contributed by atoms with E-state index in [0.29, 0.717) is 13.2 Å². The summed E-state index contributed by atoms with van der Waals surface area (Å²) in [5.74, 6) is -2.97. The smallest absolute Gasteiger partial charge is 0.310 e. The van der Waals surface area contributed by atoms with E-state index in [1.54, 1.807) is 6.92 Å². The van der Waals surface area contributed by atoms with Crippen LogP contribution >= 0.6 is 0 Å². The highest BCUT2D eigenvalue weighted by Crippen LogP contribution is 2.40. The lowest BCUT2D eigenvalue weighted by Gasteiger charge is -2.39. The molecule has 1 aliphatic carbocycles. The van der Waals surface area contributed by atoms with Gasteiger partial charge in [-0.1, -0.05) is 72.3 Å². The van der Waals surface area contributed by atoms with E-state index in [1.165, 1.54) is 0 Å². The van der Waals surface area contributed by atoms with E-state index in [1.807, 2.05) is 73.7 Å². The summed E-state index contributed by atoms with van der Waals surface area (Å²) >= 11 is 0.